The second-order valence-electron chi connectivity index (χ2n) is 4.59. The highest BCUT2D eigenvalue weighted by atomic mass is 16.2. The third-order valence-corrected chi connectivity index (χ3v) is 3.65. The second-order valence-corrected chi connectivity index (χ2v) is 4.59. The number of hydrogen-bond donors (Lipinski definition) is 1. The molecule has 3 nitrogen and oxygen atoms in total. The molecule has 2 amide bonds. The monoisotopic (exact) mass is 216 g/mol. The van der Waals surface area contributed by atoms with Crippen LogP contribution >= 0.6 is 0 Å². The first kappa shape index (κ1) is 9.70. The quantitative estimate of drug-likeness (QED) is 0.759. The van der Waals surface area contributed by atoms with Crippen molar-refractivity contribution >= 4 is 6.03 Å². The van der Waals surface area contributed by atoms with E-state index in [4.69, 9.17) is 0 Å². The van der Waals surface area contributed by atoms with Gasteiger partial charge in [0.15, 0.2) is 0 Å². The highest BCUT2D eigenvalue weighted by Gasteiger charge is 2.30. The van der Waals surface area contributed by atoms with E-state index in [-0.39, 0.29) is 6.03 Å². The van der Waals surface area contributed by atoms with Crippen molar-refractivity contribution in [1.82, 2.24) is 10.2 Å². The van der Waals surface area contributed by atoms with Crippen LogP contribution in [-0.4, -0.2) is 30.1 Å². The normalized spacial score (nSPS) is 24.1. The second kappa shape index (κ2) is 3.81. The Morgan fingerprint density at radius 3 is 2.81 bits per heavy atom. The van der Waals surface area contributed by atoms with Crippen molar-refractivity contribution in [2.45, 2.75) is 25.3 Å². The molecule has 1 fully saturated rings. The molecule has 1 saturated heterocycles. The number of urea groups is 1. The van der Waals surface area contributed by atoms with Gasteiger partial charge in [-0.1, -0.05) is 24.3 Å². The Kier molecular flexibility index (Phi) is 2.31. The van der Waals surface area contributed by atoms with Crippen LogP contribution in [-0.2, 0) is 12.8 Å². The van der Waals surface area contributed by atoms with E-state index in [1.54, 1.807) is 0 Å². The van der Waals surface area contributed by atoms with Crippen LogP contribution in [0.5, 0.6) is 0 Å². The molecule has 1 atom stereocenters. The van der Waals surface area contributed by atoms with E-state index in [0.717, 1.165) is 32.4 Å². The van der Waals surface area contributed by atoms with Crippen LogP contribution in [0.2, 0.25) is 0 Å². The molecule has 0 spiro atoms. The molecule has 1 N–H and O–H groups in total. The molecule has 3 heteroatoms. The molecule has 1 heterocycles. The Hall–Kier alpha value is -1.51. The largest absolute Gasteiger partial charge is 0.336 e. The van der Waals surface area contributed by atoms with Gasteiger partial charge < -0.3 is 10.2 Å². The fourth-order valence-corrected chi connectivity index (χ4v) is 2.78. The van der Waals surface area contributed by atoms with Crippen molar-refractivity contribution in [1.29, 1.82) is 0 Å². The number of amides is 2. The van der Waals surface area contributed by atoms with E-state index >= 15 is 0 Å². The predicted molar refractivity (Wildman–Crippen MR) is 62.4 cm³/mol. The number of benzene rings is 1. The van der Waals surface area contributed by atoms with Crippen LogP contribution < -0.4 is 5.32 Å². The van der Waals surface area contributed by atoms with Gasteiger partial charge in [-0.2, -0.15) is 0 Å². The molecule has 0 radical (unpaired) electrons. The molecule has 1 unspecified atom stereocenters. The van der Waals surface area contributed by atoms with Gasteiger partial charge in [0.25, 0.3) is 0 Å². The molecule has 2 aliphatic rings. The lowest BCUT2D eigenvalue weighted by Crippen LogP contribution is -2.41. The van der Waals surface area contributed by atoms with Crippen molar-refractivity contribution < 1.29 is 4.79 Å². The molecule has 1 aromatic carbocycles. The molecular formula is C13H16N2O. The van der Waals surface area contributed by atoms with Crippen molar-refractivity contribution in [2.24, 2.45) is 0 Å². The SMILES string of the molecule is O=C1NCCN1C1CCc2ccccc2C1. The minimum Gasteiger partial charge on any atom is -0.336 e. The van der Waals surface area contributed by atoms with Gasteiger partial charge in [-0.25, -0.2) is 4.79 Å². The number of hydrogen-bond acceptors (Lipinski definition) is 1. The maximum absolute atomic E-state index is 11.6. The smallest absolute Gasteiger partial charge is 0.317 e. The zero-order valence-electron chi connectivity index (χ0n) is 9.28. The van der Waals surface area contributed by atoms with E-state index < -0.39 is 0 Å². The summed E-state index contributed by atoms with van der Waals surface area (Å²) in [6.45, 7) is 1.67. The summed E-state index contributed by atoms with van der Waals surface area (Å²) < 4.78 is 0. The lowest BCUT2D eigenvalue weighted by molar-refractivity contribution is 0.191. The van der Waals surface area contributed by atoms with E-state index in [0.29, 0.717) is 6.04 Å². The van der Waals surface area contributed by atoms with Gasteiger partial charge in [0.1, 0.15) is 0 Å². The molecule has 1 aliphatic heterocycles. The van der Waals surface area contributed by atoms with Gasteiger partial charge in [0.2, 0.25) is 0 Å². The Labute approximate surface area is 95.4 Å². The third kappa shape index (κ3) is 1.56. The summed E-state index contributed by atoms with van der Waals surface area (Å²) in [6.07, 6.45) is 3.22. The third-order valence-electron chi connectivity index (χ3n) is 3.65. The molecule has 16 heavy (non-hydrogen) atoms. The van der Waals surface area contributed by atoms with Crippen molar-refractivity contribution in [3.8, 4) is 0 Å². The van der Waals surface area contributed by atoms with Crippen LogP contribution in [0.25, 0.3) is 0 Å². The Morgan fingerprint density at radius 2 is 2.06 bits per heavy atom. The molecule has 0 saturated carbocycles. The molecule has 84 valence electrons. The van der Waals surface area contributed by atoms with Crippen LogP contribution in [0.4, 0.5) is 4.79 Å². The average molecular weight is 216 g/mol. The van der Waals surface area contributed by atoms with Crippen LogP contribution in [0.1, 0.15) is 17.5 Å². The highest BCUT2D eigenvalue weighted by molar-refractivity contribution is 5.76. The van der Waals surface area contributed by atoms with E-state index in [1.165, 1.54) is 11.1 Å². The summed E-state index contributed by atoms with van der Waals surface area (Å²) in [5.41, 5.74) is 2.87. The lowest BCUT2D eigenvalue weighted by atomic mass is 9.88. The minimum absolute atomic E-state index is 0.115. The van der Waals surface area contributed by atoms with Gasteiger partial charge in [-0.3, -0.25) is 0 Å². The number of fused-ring (bicyclic) bond motifs is 1. The molecular weight excluding hydrogens is 200 g/mol. The van der Waals surface area contributed by atoms with Crippen molar-refractivity contribution in [2.75, 3.05) is 13.1 Å². The van der Waals surface area contributed by atoms with Crippen LogP contribution in [0.15, 0.2) is 24.3 Å². The first-order valence-corrected chi connectivity index (χ1v) is 5.96. The topological polar surface area (TPSA) is 32.3 Å². The van der Waals surface area contributed by atoms with Gasteiger partial charge in [0.05, 0.1) is 0 Å². The summed E-state index contributed by atoms with van der Waals surface area (Å²) in [4.78, 5) is 13.6. The number of carbonyl (C=O) groups excluding carboxylic acids is 1. The molecule has 1 aliphatic carbocycles. The Balaban J connectivity index is 1.80. The Bertz CT molecular complexity index is 416. The predicted octanol–water partition coefficient (Wildman–Crippen LogP) is 1.57. The molecule has 0 bridgehead atoms. The summed E-state index contributed by atoms with van der Waals surface area (Å²) in [5.74, 6) is 0. The number of rotatable bonds is 1. The standard InChI is InChI=1S/C13H16N2O/c16-13-14-7-8-15(13)12-6-5-10-3-1-2-4-11(10)9-12/h1-4,12H,5-9H2,(H,14,16). The summed E-state index contributed by atoms with van der Waals surface area (Å²) >= 11 is 0. The zero-order valence-corrected chi connectivity index (χ0v) is 9.28. The van der Waals surface area contributed by atoms with Crippen molar-refractivity contribution in [3.05, 3.63) is 35.4 Å². The van der Waals surface area contributed by atoms with Crippen molar-refractivity contribution in [3.63, 3.8) is 0 Å². The fraction of sp³-hybridized carbons (Fsp3) is 0.462. The lowest BCUT2D eigenvalue weighted by Gasteiger charge is -2.31. The van der Waals surface area contributed by atoms with Gasteiger partial charge >= 0.3 is 6.03 Å². The van der Waals surface area contributed by atoms with Crippen LogP contribution in [0.3, 0.4) is 0 Å². The zero-order chi connectivity index (χ0) is 11.0. The van der Waals surface area contributed by atoms with Gasteiger partial charge in [-0.05, 0) is 30.4 Å². The maximum atomic E-state index is 11.6. The average Bonchev–Trinajstić information content (AvgIpc) is 2.75. The first-order valence-electron chi connectivity index (χ1n) is 5.96. The highest BCUT2D eigenvalue weighted by Crippen LogP contribution is 2.25. The first-order chi connectivity index (χ1) is 7.84. The van der Waals surface area contributed by atoms with Gasteiger partial charge in [0, 0.05) is 19.1 Å². The molecule has 3 rings (SSSR count). The van der Waals surface area contributed by atoms with E-state index in [2.05, 4.69) is 29.6 Å². The number of nitrogens with one attached hydrogen (secondary N) is 1. The maximum Gasteiger partial charge on any atom is 0.317 e. The van der Waals surface area contributed by atoms with E-state index in [9.17, 15) is 4.79 Å². The fourth-order valence-electron chi connectivity index (χ4n) is 2.78. The minimum atomic E-state index is 0.115. The van der Waals surface area contributed by atoms with E-state index in [1.807, 2.05) is 4.90 Å². The number of aryl methyl sites for hydroxylation is 1. The van der Waals surface area contributed by atoms with Gasteiger partial charge in [-0.15, -0.1) is 0 Å². The number of nitrogens with zero attached hydrogens (tertiary/aromatic N) is 1. The Morgan fingerprint density at radius 1 is 1.25 bits per heavy atom. The van der Waals surface area contributed by atoms with Crippen LogP contribution in [0, 0.1) is 0 Å². The summed E-state index contributed by atoms with van der Waals surface area (Å²) in [5, 5.41) is 2.88. The number of carbonyl (C=O) groups is 1. The summed E-state index contributed by atoms with van der Waals surface area (Å²) in [7, 11) is 0. The molecule has 0 aromatic heterocycles. The summed E-state index contributed by atoms with van der Waals surface area (Å²) in [6, 6.07) is 9.10. The molecule has 1 aromatic rings.